The van der Waals surface area contributed by atoms with Crippen LogP contribution in [0.4, 0.5) is 0 Å². The summed E-state index contributed by atoms with van der Waals surface area (Å²) in [6, 6.07) is 0. The molecule has 0 heterocycles. The lowest BCUT2D eigenvalue weighted by atomic mass is 9.76. The molecule has 11 heavy (non-hydrogen) atoms. The van der Waals surface area contributed by atoms with Crippen LogP contribution in [0.5, 0.6) is 0 Å². The molecule has 0 aliphatic heterocycles. The highest BCUT2D eigenvalue weighted by Gasteiger charge is 2.26. The van der Waals surface area contributed by atoms with Gasteiger partial charge in [0.15, 0.2) is 0 Å². The van der Waals surface area contributed by atoms with Crippen LogP contribution in [0.1, 0.15) is 39.0 Å². The Kier molecular flexibility index (Phi) is 3.73. The molecule has 1 nitrogen and oxygen atoms in total. The maximum atomic E-state index is 5.39. The lowest BCUT2D eigenvalue weighted by Crippen LogP contribution is -2.24. The highest BCUT2D eigenvalue weighted by molar-refractivity contribution is 7.93. The first kappa shape index (κ1) is 9.40. The molecule has 1 saturated carbocycles. The summed E-state index contributed by atoms with van der Waals surface area (Å²) < 4.78 is 5.39. The van der Waals surface area contributed by atoms with Crippen LogP contribution in [-0.2, 0) is 4.18 Å². The second-order valence-corrected chi connectivity index (χ2v) is 4.37. The van der Waals surface area contributed by atoms with E-state index in [0.717, 1.165) is 6.61 Å². The molecule has 0 N–H and O–H groups in total. The van der Waals surface area contributed by atoms with Crippen LogP contribution in [0.25, 0.3) is 0 Å². The van der Waals surface area contributed by atoms with Crippen LogP contribution in [0, 0.1) is 5.41 Å². The van der Waals surface area contributed by atoms with Gasteiger partial charge in [0.2, 0.25) is 0 Å². The zero-order valence-electron chi connectivity index (χ0n) is 7.56. The van der Waals surface area contributed by atoms with E-state index in [9.17, 15) is 0 Å². The van der Waals surface area contributed by atoms with Crippen molar-refractivity contribution in [3.8, 4) is 0 Å². The molecule has 0 amide bonds. The van der Waals surface area contributed by atoms with Crippen molar-refractivity contribution in [3.05, 3.63) is 0 Å². The molecule has 0 spiro atoms. The summed E-state index contributed by atoms with van der Waals surface area (Å²) in [7, 11) is 0. The van der Waals surface area contributed by atoms with Crippen molar-refractivity contribution in [2.24, 2.45) is 5.41 Å². The summed E-state index contributed by atoms with van der Waals surface area (Å²) in [4.78, 5) is 0. The van der Waals surface area contributed by atoms with E-state index in [1.807, 2.05) is 6.26 Å². The Balaban J connectivity index is 2.25. The van der Waals surface area contributed by atoms with Crippen molar-refractivity contribution in [3.63, 3.8) is 0 Å². The molecule has 1 fully saturated rings. The second-order valence-electron chi connectivity index (χ2n) is 3.80. The quantitative estimate of drug-likeness (QED) is 0.607. The maximum Gasteiger partial charge on any atom is 0.0667 e. The van der Waals surface area contributed by atoms with Crippen molar-refractivity contribution in [1.82, 2.24) is 0 Å². The van der Waals surface area contributed by atoms with Crippen LogP contribution in [0.2, 0.25) is 0 Å². The molecule has 2 heteroatoms. The highest BCUT2D eigenvalue weighted by atomic mass is 32.2. The second kappa shape index (κ2) is 4.36. The van der Waals surface area contributed by atoms with Gasteiger partial charge in [0.25, 0.3) is 0 Å². The zero-order chi connectivity index (χ0) is 8.16. The minimum absolute atomic E-state index is 0.487. The largest absolute Gasteiger partial charge is 0.315 e. The van der Waals surface area contributed by atoms with Crippen LogP contribution < -0.4 is 0 Å². The summed E-state index contributed by atoms with van der Waals surface area (Å²) >= 11 is 1.49. The van der Waals surface area contributed by atoms with E-state index in [2.05, 4.69) is 6.92 Å². The topological polar surface area (TPSA) is 9.23 Å². The Morgan fingerprint density at radius 2 is 1.91 bits per heavy atom. The molecule has 66 valence electrons. The first-order valence-electron chi connectivity index (χ1n) is 4.42. The Morgan fingerprint density at radius 1 is 1.27 bits per heavy atom. The monoisotopic (exact) mass is 174 g/mol. The van der Waals surface area contributed by atoms with Crippen LogP contribution in [-0.4, -0.2) is 12.9 Å². The molecular weight excluding hydrogens is 156 g/mol. The van der Waals surface area contributed by atoms with Crippen LogP contribution in [0.15, 0.2) is 0 Å². The van der Waals surface area contributed by atoms with Gasteiger partial charge in [-0.15, -0.1) is 0 Å². The lowest BCUT2D eigenvalue weighted by Gasteiger charge is -2.32. The average molecular weight is 174 g/mol. The molecule has 0 atom stereocenters. The average Bonchev–Trinajstić information content (AvgIpc) is 2.03. The van der Waals surface area contributed by atoms with Gasteiger partial charge < -0.3 is 4.18 Å². The van der Waals surface area contributed by atoms with Gasteiger partial charge >= 0.3 is 0 Å². The fraction of sp³-hybridized carbons (Fsp3) is 1.00. The number of hydrogen-bond acceptors (Lipinski definition) is 2. The Bertz CT molecular complexity index is 108. The van der Waals surface area contributed by atoms with Crippen LogP contribution in [0.3, 0.4) is 0 Å². The van der Waals surface area contributed by atoms with Gasteiger partial charge in [-0.3, -0.25) is 0 Å². The fourth-order valence-corrected chi connectivity index (χ4v) is 2.15. The number of hydrogen-bond donors (Lipinski definition) is 0. The first-order valence-corrected chi connectivity index (χ1v) is 5.57. The van der Waals surface area contributed by atoms with E-state index in [-0.39, 0.29) is 0 Å². The third-order valence-electron chi connectivity index (χ3n) is 2.59. The van der Waals surface area contributed by atoms with Gasteiger partial charge in [-0.1, -0.05) is 26.2 Å². The summed E-state index contributed by atoms with van der Waals surface area (Å²) in [5.41, 5.74) is 0.487. The predicted molar refractivity (Wildman–Crippen MR) is 50.7 cm³/mol. The molecule has 0 saturated heterocycles. The molecule has 1 aliphatic rings. The Morgan fingerprint density at radius 3 is 2.45 bits per heavy atom. The summed E-state index contributed by atoms with van der Waals surface area (Å²) in [5, 5.41) is 0. The van der Waals surface area contributed by atoms with Crippen molar-refractivity contribution in [1.29, 1.82) is 0 Å². The molecule has 0 aromatic heterocycles. The van der Waals surface area contributed by atoms with E-state index >= 15 is 0 Å². The van der Waals surface area contributed by atoms with Gasteiger partial charge in [-0.25, -0.2) is 0 Å². The molecule has 0 radical (unpaired) electrons. The van der Waals surface area contributed by atoms with Gasteiger partial charge in [-0.05, 0) is 30.3 Å². The third kappa shape index (κ3) is 3.04. The smallest absolute Gasteiger partial charge is 0.0667 e. The normalized spacial score (nSPS) is 23.5. The fourth-order valence-electron chi connectivity index (χ4n) is 1.75. The highest BCUT2D eigenvalue weighted by Crippen LogP contribution is 2.36. The number of rotatable bonds is 3. The van der Waals surface area contributed by atoms with Crippen molar-refractivity contribution in [2.45, 2.75) is 39.0 Å². The van der Waals surface area contributed by atoms with E-state index in [4.69, 9.17) is 4.18 Å². The molecule has 0 unspecified atom stereocenters. The first-order chi connectivity index (χ1) is 5.27. The van der Waals surface area contributed by atoms with E-state index < -0.39 is 0 Å². The van der Waals surface area contributed by atoms with E-state index in [0.29, 0.717) is 5.41 Å². The van der Waals surface area contributed by atoms with Crippen molar-refractivity contribution >= 4 is 12.0 Å². The van der Waals surface area contributed by atoms with Gasteiger partial charge in [0.05, 0.1) is 6.61 Å². The maximum absolute atomic E-state index is 5.39. The summed E-state index contributed by atoms with van der Waals surface area (Å²) in [6.07, 6.45) is 8.92. The molecule has 0 bridgehead atoms. The van der Waals surface area contributed by atoms with Gasteiger partial charge in [-0.2, -0.15) is 0 Å². The van der Waals surface area contributed by atoms with Gasteiger partial charge in [0.1, 0.15) is 0 Å². The minimum Gasteiger partial charge on any atom is -0.315 e. The molecule has 1 rings (SSSR count). The predicted octanol–water partition coefficient (Wildman–Crippen LogP) is 3.25. The van der Waals surface area contributed by atoms with Gasteiger partial charge in [0, 0.05) is 6.26 Å². The van der Waals surface area contributed by atoms with Crippen LogP contribution >= 0.6 is 12.0 Å². The van der Waals surface area contributed by atoms with E-state index in [1.165, 1.54) is 44.1 Å². The molecule has 0 aromatic rings. The molecule has 1 aliphatic carbocycles. The Labute approximate surface area is 74.1 Å². The lowest BCUT2D eigenvalue weighted by molar-refractivity contribution is 0.131. The third-order valence-corrected chi connectivity index (χ3v) is 2.94. The zero-order valence-corrected chi connectivity index (χ0v) is 8.38. The Hall–Kier alpha value is 0.310. The van der Waals surface area contributed by atoms with Crippen molar-refractivity contribution < 1.29 is 4.18 Å². The summed E-state index contributed by atoms with van der Waals surface area (Å²) in [5.74, 6) is 0. The molecular formula is C9H18OS. The van der Waals surface area contributed by atoms with E-state index in [1.54, 1.807) is 0 Å². The summed E-state index contributed by atoms with van der Waals surface area (Å²) in [6.45, 7) is 3.29. The van der Waals surface area contributed by atoms with Crippen molar-refractivity contribution in [2.75, 3.05) is 12.9 Å². The minimum atomic E-state index is 0.487. The molecule has 0 aromatic carbocycles. The SMILES string of the molecule is CSOCC1(C)CCCCC1. The standard InChI is InChI=1S/C9H18OS/c1-9(8-10-11-2)6-4-3-5-7-9/h3-8H2,1-2H3.